The normalized spacial score (nSPS) is 12.0. The molecule has 1 aromatic carbocycles. The first kappa shape index (κ1) is 16.4. The summed E-state index contributed by atoms with van der Waals surface area (Å²) >= 11 is 1.48. The molecule has 0 radical (unpaired) electrons. The Kier molecular flexibility index (Phi) is 5.40. The highest BCUT2D eigenvalue weighted by Crippen LogP contribution is 2.27. The number of pyridine rings is 1. The van der Waals surface area contributed by atoms with E-state index in [4.69, 9.17) is 0 Å². The maximum atomic E-state index is 10.3. The summed E-state index contributed by atoms with van der Waals surface area (Å²) in [6.45, 7) is 4.41. The first-order valence-corrected chi connectivity index (χ1v) is 8.58. The van der Waals surface area contributed by atoms with Gasteiger partial charge in [-0.05, 0) is 17.7 Å². The summed E-state index contributed by atoms with van der Waals surface area (Å²) in [5.74, 6) is 1.28. The highest BCUT2D eigenvalue weighted by Gasteiger charge is 2.15. The molecule has 0 aliphatic heterocycles. The molecule has 6 heteroatoms. The molecule has 0 aliphatic carbocycles. The Balaban J connectivity index is 1.78. The lowest BCUT2D eigenvalue weighted by Crippen LogP contribution is -2.04. The lowest BCUT2D eigenvalue weighted by molar-refractivity contribution is 0.204. The number of rotatable bonds is 7. The van der Waals surface area contributed by atoms with Crippen molar-refractivity contribution in [3.63, 3.8) is 0 Å². The van der Waals surface area contributed by atoms with E-state index in [-0.39, 0.29) is 0 Å². The second-order valence-electron chi connectivity index (χ2n) is 5.18. The minimum Gasteiger partial charge on any atom is -0.388 e. The summed E-state index contributed by atoms with van der Waals surface area (Å²) in [6.07, 6.45) is 4.73. The number of aromatic nitrogens is 4. The van der Waals surface area contributed by atoms with Crippen molar-refractivity contribution in [3.05, 3.63) is 73.1 Å². The Morgan fingerprint density at radius 1 is 1.12 bits per heavy atom. The van der Waals surface area contributed by atoms with Crippen molar-refractivity contribution in [2.75, 3.05) is 5.75 Å². The van der Waals surface area contributed by atoms with Crippen molar-refractivity contribution in [2.45, 2.75) is 17.8 Å². The quantitative estimate of drug-likeness (QED) is 0.529. The highest BCUT2D eigenvalue weighted by molar-refractivity contribution is 7.99. The minimum atomic E-state index is -0.547. The second kappa shape index (κ2) is 7.90. The van der Waals surface area contributed by atoms with Crippen molar-refractivity contribution >= 4 is 11.8 Å². The Labute approximate surface area is 145 Å². The monoisotopic (exact) mass is 338 g/mol. The van der Waals surface area contributed by atoms with Gasteiger partial charge < -0.3 is 5.11 Å². The molecule has 5 nitrogen and oxygen atoms in total. The van der Waals surface area contributed by atoms with E-state index in [1.807, 2.05) is 53.1 Å². The van der Waals surface area contributed by atoms with Crippen LogP contribution in [0.5, 0.6) is 0 Å². The fourth-order valence-electron chi connectivity index (χ4n) is 2.33. The van der Waals surface area contributed by atoms with E-state index in [9.17, 15) is 5.11 Å². The van der Waals surface area contributed by atoms with E-state index < -0.39 is 6.10 Å². The second-order valence-corrected chi connectivity index (χ2v) is 6.17. The van der Waals surface area contributed by atoms with E-state index in [0.29, 0.717) is 12.3 Å². The van der Waals surface area contributed by atoms with Gasteiger partial charge in [-0.15, -0.1) is 16.8 Å². The SMILES string of the molecule is C=CCn1c(SCC(O)c2ccccc2)nnc1-c1ccncc1. The van der Waals surface area contributed by atoms with Gasteiger partial charge in [-0.25, -0.2) is 0 Å². The summed E-state index contributed by atoms with van der Waals surface area (Å²) in [7, 11) is 0. The molecule has 0 fully saturated rings. The molecule has 1 N–H and O–H groups in total. The zero-order valence-electron chi connectivity index (χ0n) is 13.1. The molecule has 0 saturated carbocycles. The molecule has 2 heterocycles. The van der Waals surface area contributed by atoms with Crippen molar-refractivity contribution in [1.29, 1.82) is 0 Å². The predicted octanol–water partition coefficient (Wildman–Crippen LogP) is 3.35. The standard InChI is InChI=1S/C18H18N4OS/c1-2-12-22-17(15-8-10-19-11-9-15)20-21-18(22)24-13-16(23)14-6-4-3-5-7-14/h2-11,16,23H,1,12-13H2. The first-order chi connectivity index (χ1) is 11.8. The molecule has 0 spiro atoms. The molecule has 0 aliphatic rings. The molecule has 3 aromatic rings. The maximum Gasteiger partial charge on any atom is 0.191 e. The molecule has 0 bridgehead atoms. The molecule has 3 rings (SSSR count). The molecule has 1 unspecified atom stereocenters. The van der Waals surface area contributed by atoms with Gasteiger partial charge in [0.1, 0.15) is 0 Å². The van der Waals surface area contributed by atoms with Crippen molar-refractivity contribution in [3.8, 4) is 11.4 Å². The number of hydrogen-bond acceptors (Lipinski definition) is 5. The van der Waals surface area contributed by atoms with Crippen molar-refractivity contribution < 1.29 is 5.11 Å². The average Bonchev–Trinajstić information content (AvgIpc) is 3.04. The number of aliphatic hydroxyl groups excluding tert-OH is 1. The van der Waals surface area contributed by atoms with Crippen LogP contribution in [0.15, 0.2) is 72.7 Å². The summed E-state index contributed by atoms with van der Waals surface area (Å²) in [5.41, 5.74) is 1.85. The molecule has 0 amide bonds. The van der Waals surface area contributed by atoms with E-state index in [1.165, 1.54) is 11.8 Å². The molecule has 24 heavy (non-hydrogen) atoms. The lowest BCUT2D eigenvalue weighted by Gasteiger charge is -2.11. The number of allylic oxidation sites excluding steroid dienone is 1. The zero-order valence-corrected chi connectivity index (χ0v) is 13.9. The van der Waals surface area contributed by atoms with Crippen LogP contribution in [0.3, 0.4) is 0 Å². The topological polar surface area (TPSA) is 63.8 Å². The largest absolute Gasteiger partial charge is 0.388 e. The Morgan fingerprint density at radius 2 is 1.88 bits per heavy atom. The van der Waals surface area contributed by atoms with Crippen LogP contribution < -0.4 is 0 Å². The molecular formula is C18H18N4OS. The van der Waals surface area contributed by atoms with Gasteiger partial charge in [0.05, 0.1) is 6.10 Å². The fourth-order valence-corrected chi connectivity index (χ4v) is 3.24. The fraction of sp³-hybridized carbons (Fsp3) is 0.167. The molecular weight excluding hydrogens is 320 g/mol. The summed E-state index contributed by atoms with van der Waals surface area (Å²) in [6, 6.07) is 13.4. The van der Waals surface area contributed by atoms with Gasteiger partial charge >= 0.3 is 0 Å². The third kappa shape index (κ3) is 3.72. The van der Waals surface area contributed by atoms with Gasteiger partial charge in [-0.2, -0.15) is 0 Å². The van der Waals surface area contributed by atoms with E-state index in [0.717, 1.165) is 22.1 Å². The van der Waals surface area contributed by atoms with E-state index in [2.05, 4.69) is 21.8 Å². The minimum absolute atomic E-state index is 0.510. The van der Waals surface area contributed by atoms with Crippen LogP contribution in [0.4, 0.5) is 0 Å². The molecule has 0 saturated heterocycles. The number of thioether (sulfide) groups is 1. The van der Waals surface area contributed by atoms with Gasteiger partial charge in [0.15, 0.2) is 11.0 Å². The van der Waals surface area contributed by atoms with Crippen LogP contribution in [-0.4, -0.2) is 30.6 Å². The van der Waals surface area contributed by atoms with Crippen molar-refractivity contribution in [2.24, 2.45) is 0 Å². The third-order valence-corrected chi connectivity index (χ3v) is 4.56. The van der Waals surface area contributed by atoms with Gasteiger partial charge in [0.25, 0.3) is 0 Å². The number of aliphatic hydroxyl groups is 1. The maximum absolute atomic E-state index is 10.3. The highest BCUT2D eigenvalue weighted by atomic mass is 32.2. The number of benzene rings is 1. The Morgan fingerprint density at radius 3 is 2.58 bits per heavy atom. The van der Waals surface area contributed by atoms with Gasteiger partial charge in [0, 0.05) is 30.3 Å². The van der Waals surface area contributed by atoms with Gasteiger partial charge in [-0.1, -0.05) is 48.2 Å². The third-order valence-electron chi connectivity index (χ3n) is 3.52. The van der Waals surface area contributed by atoms with Crippen LogP contribution in [-0.2, 0) is 6.54 Å². The number of hydrogen-bond donors (Lipinski definition) is 1. The Bertz CT molecular complexity index is 789. The van der Waals surface area contributed by atoms with Crippen LogP contribution in [0, 0.1) is 0 Å². The van der Waals surface area contributed by atoms with Gasteiger partial charge in [-0.3, -0.25) is 9.55 Å². The molecule has 122 valence electrons. The van der Waals surface area contributed by atoms with E-state index >= 15 is 0 Å². The van der Waals surface area contributed by atoms with Crippen LogP contribution in [0.25, 0.3) is 11.4 Å². The summed E-state index contributed by atoms with van der Waals surface area (Å²) in [4.78, 5) is 4.03. The zero-order chi connectivity index (χ0) is 16.8. The smallest absolute Gasteiger partial charge is 0.191 e. The summed E-state index contributed by atoms with van der Waals surface area (Å²) in [5, 5.41) is 19.6. The van der Waals surface area contributed by atoms with E-state index in [1.54, 1.807) is 12.4 Å². The lowest BCUT2D eigenvalue weighted by atomic mass is 10.1. The Hall–Kier alpha value is -2.44. The van der Waals surface area contributed by atoms with Crippen LogP contribution in [0.2, 0.25) is 0 Å². The van der Waals surface area contributed by atoms with Crippen molar-refractivity contribution in [1.82, 2.24) is 19.7 Å². The van der Waals surface area contributed by atoms with Crippen LogP contribution in [0.1, 0.15) is 11.7 Å². The molecule has 1 atom stereocenters. The predicted molar refractivity (Wildman–Crippen MR) is 95.6 cm³/mol. The first-order valence-electron chi connectivity index (χ1n) is 7.60. The number of nitrogens with zero attached hydrogens (tertiary/aromatic N) is 4. The average molecular weight is 338 g/mol. The molecule has 2 aromatic heterocycles. The van der Waals surface area contributed by atoms with Gasteiger partial charge in [0.2, 0.25) is 0 Å². The summed E-state index contributed by atoms with van der Waals surface area (Å²) < 4.78 is 1.99. The van der Waals surface area contributed by atoms with Crippen LogP contribution >= 0.6 is 11.8 Å².